The fourth-order valence-corrected chi connectivity index (χ4v) is 2.65. The van der Waals surface area contributed by atoms with Gasteiger partial charge >= 0.3 is 5.97 Å². The Kier molecular flexibility index (Phi) is 3.60. The van der Waals surface area contributed by atoms with Crippen LogP contribution in [0.3, 0.4) is 0 Å². The lowest BCUT2D eigenvalue weighted by molar-refractivity contribution is 0.0696. The molecule has 1 aromatic rings. The summed E-state index contributed by atoms with van der Waals surface area (Å²) >= 11 is 0. The summed E-state index contributed by atoms with van der Waals surface area (Å²) < 4.78 is 0. The molecule has 1 aliphatic rings. The third-order valence-electron chi connectivity index (χ3n) is 3.97. The normalized spacial score (nSPS) is 19.6. The van der Waals surface area contributed by atoms with Gasteiger partial charge < -0.3 is 10.0 Å². The maximum Gasteiger partial charge on any atom is 0.335 e. The summed E-state index contributed by atoms with van der Waals surface area (Å²) in [6, 6.07) is 5.64. The third-order valence-corrected chi connectivity index (χ3v) is 3.97. The van der Waals surface area contributed by atoms with Gasteiger partial charge in [0.05, 0.1) is 5.56 Å². The number of nitrogens with zero attached hydrogens (tertiary/aromatic N) is 1. The van der Waals surface area contributed by atoms with Gasteiger partial charge in [-0.25, -0.2) is 4.79 Å². The van der Waals surface area contributed by atoms with Gasteiger partial charge in [0, 0.05) is 18.8 Å². The van der Waals surface area contributed by atoms with Crippen molar-refractivity contribution in [3.8, 4) is 0 Å². The van der Waals surface area contributed by atoms with Crippen molar-refractivity contribution in [2.45, 2.75) is 27.2 Å². The molecule has 1 aromatic carbocycles. The Labute approximate surface area is 108 Å². The second kappa shape index (κ2) is 5.01. The molecule has 1 atom stereocenters. The van der Waals surface area contributed by atoms with Crippen LogP contribution in [0, 0.1) is 18.8 Å². The highest BCUT2D eigenvalue weighted by atomic mass is 16.4. The number of rotatable bonds is 3. The summed E-state index contributed by atoms with van der Waals surface area (Å²) in [5.41, 5.74) is 2.40. The third kappa shape index (κ3) is 2.50. The topological polar surface area (TPSA) is 40.5 Å². The van der Waals surface area contributed by atoms with Crippen molar-refractivity contribution < 1.29 is 9.90 Å². The highest BCUT2D eigenvalue weighted by Crippen LogP contribution is 2.29. The molecule has 0 aromatic heterocycles. The Hall–Kier alpha value is -1.51. The molecule has 0 spiro atoms. The van der Waals surface area contributed by atoms with E-state index in [-0.39, 0.29) is 0 Å². The van der Waals surface area contributed by atoms with Crippen molar-refractivity contribution in [3.05, 3.63) is 29.3 Å². The van der Waals surface area contributed by atoms with Crippen LogP contribution in [0.15, 0.2) is 18.2 Å². The standard InChI is InChI=1S/C15H21NO2/c1-10(2)12-6-7-16(9-12)13-4-5-14(15(17)18)11(3)8-13/h4-5,8,10,12H,6-7,9H2,1-3H3,(H,17,18). The van der Waals surface area contributed by atoms with Gasteiger partial charge in [-0.3, -0.25) is 0 Å². The smallest absolute Gasteiger partial charge is 0.335 e. The second-order valence-electron chi connectivity index (χ2n) is 5.54. The van der Waals surface area contributed by atoms with E-state index < -0.39 is 5.97 Å². The first-order valence-corrected chi connectivity index (χ1v) is 6.58. The van der Waals surface area contributed by atoms with E-state index in [0.717, 1.165) is 36.2 Å². The van der Waals surface area contributed by atoms with Gasteiger partial charge in [-0.15, -0.1) is 0 Å². The van der Waals surface area contributed by atoms with Gasteiger partial charge in [0.2, 0.25) is 0 Å². The lowest BCUT2D eigenvalue weighted by atomic mass is 9.95. The van der Waals surface area contributed by atoms with E-state index in [2.05, 4.69) is 18.7 Å². The fourth-order valence-electron chi connectivity index (χ4n) is 2.65. The summed E-state index contributed by atoms with van der Waals surface area (Å²) in [4.78, 5) is 13.3. The monoisotopic (exact) mass is 247 g/mol. The molecule has 0 bridgehead atoms. The lowest BCUT2D eigenvalue weighted by Crippen LogP contribution is -2.21. The van der Waals surface area contributed by atoms with Crippen LogP contribution in [-0.2, 0) is 0 Å². The quantitative estimate of drug-likeness (QED) is 0.891. The van der Waals surface area contributed by atoms with Gasteiger partial charge in [-0.05, 0) is 48.9 Å². The molecule has 0 saturated carbocycles. The minimum Gasteiger partial charge on any atom is -0.478 e. The van der Waals surface area contributed by atoms with E-state index >= 15 is 0 Å². The van der Waals surface area contributed by atoms with Gasteiger partial charge in [-0.2, -0.15) is 0 Å². The van der Waals surface area contributed by atoms with E-state index in [0.29, 0.717) is 5.56 Å². The highest BCUT2D eigenvalue weighted by Gasteiger charge is 2.25. The zero-order valence-corrected chi connectivity index (χ0v) is 11.3. The zero-order chi connectivity index (χ0) is 13.3. The second-order valence-corrected chi connectivity index (χ2v) is 5.54. The van der Waals surface area contributed by atoms with Crippen LogP contribution in [0.4, 0.5) is 5.69 Å². The number of benzene rings is 1. The van der Waals surface area contributed by atoms with Gasteiger partial charge in [-0.1, -0.05) is 13.8 Å². The molecule has 0 radical (unpaired) electrons. The average molecular weight is 247 g/mol. The van der Waals surface area contributed by atoms with Crippen LogP contribution in [0.5, 0.6) is 0 Å². The number of hydrogen-bond donors (Lipinski definition) is 1. The largest absolute Gasteiger partial charge is 0.478 e. The van der Waals surface area contributed by atoms with Crippen LogP contribution in [0.2, 0.25) is 0 Å². The number of hydrogen-bond acceptors (Lipinski definition) is 2. The summed E-state index contributed by atoms with van der Waals surface area (Å²) in [7, 11) is 0. The summed E-state index contributed by atoms with van der Waals surface area (Å²) in [5, 5.41) is 9.02. The summed E-state index contributed by atoms with van der Waals surface area (Å²) in [5.74, 6) is 0.624. The molecule has 2 rings (SSSR count). The molecule has 1 heterocycles. The summed E-state index contributed by atoms with van der Waals surface area (Å²) in [6.45, 7) is 8.57. The molecule has 1 saturated heterocycles. The molecule has 1 unspecified atom stereocenters. The van der Waals surface area contributed by atoms with Crippen molar-refractivity contribution in [1.82, 2.24) is 0 Å². The van der Waals surface area contributed by atoms with Gasteiger partial charge in [0.1, 0.15) is 0 Å². The first-order chi connectivity index (χ1) is 8.49. The van der Waals surface area contributed by atoms with E-state index in [1.165, 1.54) is 6.42 Å². The number of carboxylic acids is 1. The Bertz CT molecular complexity index is 454. The number of carboxylic acid groups (broad SMARTS) is 1. The molecule has 1 fully saturated rings. The average Bonchev–Trinajstić information content (AvgIpc) is 2.77. The van der Waals surface area contributed by atoms with E-state index in [4.69, 9.17) is 5.11 Å². The number of anilines is 1. The maximum absolute atomic E-state index is 11.0. The Morgan fingerprint density at radius 2 is 2.17 bits per heavy atom. The Balaban J connectivity index is 2.16. The molecule has 0 aliphatic carbocycles. The Morgan fingerprint density at radius 3 is 2.67 bits per heavy atom. The number of aromatic carboxylic acids is 1. The lowest BCUT2D eigenvalue weighted by Gasteiger charge is -2.21. The predicted molar refractivity (Wildman–Crippen MR) is 73.3 cm³/mol. The SMILES string of the molecule is Cc1cc(N2CCC(C(C)C)C2)ccc1C(=O)O. The van der Waals surface area contributed by atoms with Crippen molar-refractivity contribution >= 4 is 11.7 Å². The van der Waals surface area contributed by atoms with E-state index in [9.17, 15) is 4.79 Å². The number of carbonyl (C=O) groups is 1. The van der Waals surface area contributed by atoms with Crippen molar-refractivity contribution in [2.75, 3.05) is 18.0 Å². The molecular weight excluding hydrogens is 226 g/mol. The van der Waals surface area contributed by atoms with Crippen LogP contribution in [0.1, 0.15) is 36.2 Å². The van der Waals surface area contributed by atoms with E-state index in [1.807, 2.05) is 19.1 Å². The van der Waals surface area contributed by atoms with Gasteiger partial charge in [0.15, 0.2) is 0 Å². The van der Waals surface area contributed by atoms with Crippen LogP contribution in [-0.4, -0.2) is 24.2 Å². The first-order valence-electron chi connectivity index (χ1n) is 6.58. The van der Waals surface area contributed by atoms with Crippen LogP contribution < -0.4 is 4.90 Å². The minimum absolute atomic E-state index is 0.401. The molecular formula is C15H21NO2. The van der Waals surface area contributed by atoms with E-state index in [1.54, 1.807) is 6.07 Å². The predicted octanol–water partition coefficient (Wildman–Crippen LogP) is 3.18. The molecule has 18 heavy (non-hydrogen) atoms. The van der Waals surface area contributed by atoms with Crippen molar-refractivity contribution in [2.24, 2.45) is 11.8 Å². The van der Waals surface area contributed by atoms with Crippen LogP contribution in [0.25, 0.3) is 0 Å². The molecule has 3 heteroatoms. The highest BCUT2D eigenvalue weighted by molar-refractivity contribution is 5.89. The maximum atomic E-state index is 11.0. The molecule has 0 amide bonds. The fraction of sp³-hybridized carbons (Fsp3) is 0.533. The first kappa shape index (κ1) is 12.9. The summed E-state index contributed by atoms with van der Waals surface area (Å²) in [6.07, 6.45) is 1.23. The zero-order valence-electron chi connectivity index (χ0n) is 11.3. The minimum atomic E-state index is -0.847. The Morgan fingerprint density at radius 1 is 1.44 bits per heavy atom. The molecule has 1 aliphatic heterocycles. The van der Waals surface area contributed by atoms with Crippen LogP contribution >= 0.6 is 0 Å². The molecule has 3 nitrogen and oxygen atoms in total. The van der Waals surface area contributed by atoms with Gasteiger partial charge in [0.25, 0.3) is 0 Å². The van der Waals surface area contributed by atoms with Crippen molar-refractivity contribution in [3.63, 3.8) is 0 Å². The number of aryl methyl sites for hydroxylation is 1. The molecule has 1 N–H and O–H groups in total. The molecule has 98 valence electrons. The van der Waals surface area contributed by atoms with Crippen molar-refractivity contribution in [1.29, 1.82) is 0 Å².